The highest BCUT2D eigenvalue weighted by Crippen LogP contribution is 2.30. The molecule has 1 aromatic rings. The van der Waals surface area contributed by atoms with E-state index in [4.69, 9.17) is 11.5 Å². The zero-order valence-corrected chi connectivity index (χ0v) is 9.28. The van der Waals surface area contributed by atoms with Crippen molar-refractivity contribution in [1.82, 2.24) is 4.98 Å². The van der Waals surface area contributed by atoms with Gasteiger partial charge in [0.1, 0.15) is 5.82 Å². The Balaban J connectivity index is 2.28. The molecule has 0 atom stereocenters. The van der Waals surface area contributed by atoms with Crippen LogP contribution in [-0.4, -0.2) is 16.3 Å². The molecule has 4 heteroatoms. The van der Waals surface area contributed by atoms with Crippen LogP contribution in [0.25, 0.3) is 0 Å². The smallest absolute Gasteiger partial charge is 0.186 e. The minimum Gasteiger partial charge on any atom is -0.383 e. The van der Waals surface area contributed by atoms with E-state index in [1.807, 2.05) is 0 Å². The van der Waals surface area contributed by atoms with Crippen LogP contribution in [-0.2, 0) is 0 Å². The standard InChI is InChI=1S/C12H17N3O/c13-11-9(5-4-8-15-11)10(16)12(14)6-2-1-3-7-12/h4-5,8H,1-3,6-7,14H2,(H2,13,15). The molecule has 0 aliphatic heterocycles. The lowest BCUT2D eigenvalue weighted by atomic mass is 9.77. The molecule has 4 N–H and O–H groups in total. The van der Waals surface area contributed by atoms with Gasteiger partial charge in [0.15, 0.2) is 5.78 Å². The van der Waals surface area contributed by atoms with Crippen LogP contribution >= 0.6 is 0 Å². The molecule has 1 heterocycles. The Hall–Kier alpha value is -1.42. The Bertz CT molecular complexity index is 397. The van der Waals surface area contributed by atoms with Crippen LogP contribution in [0, 0.1) is 0 Å². The maximum atomic E-state index is 12.3. The van der Waals surface area contributed by atoms with Gasteiger partial charge in [0.05, 0.1) is 11.1 Å². The maximum absolute atomic E-state index is 12.3. The van der Waals surface area contributed by atoms with Crippen molar-refractivity contribution >= 4 is 11.6 Å². The average Bonchev–Trinajstić information content (AvgIpc) is 2.30. The number of hydrogen-bond acceptors (Lipinski definition) is 4. The Morgan fingerprint density at radius 1 is 1.31 bits per heavy atom. The number of pyridine rings is 1. The lowest BCUT2D eigenvalue weighted by molar-refractivity contribution is 0.0848. The number of rotatable bonds is 2. The Labute approximate surface area is 95.0 Å². The van der Waals surface area contributed by atoms with Crippen molar-refractivity contribution in [3.63, 3.8) is 0 Å². The summed E-state index contributed by atoms with van der Waals surface area (Å²) in [6, 6.07) is 3.42. The second-order valence-corrected chi connectivity index (χ2v) is 4.48. The summed E-state index contributed by atoms with van der Waals surface area (Å²) in [6.45, 7) is 0. The molecule has 0 amide bonds. The van der Waals surface area contributed by atoms with Gasteiger partial charge in [0.25, 0.3) is 0 Å². The number of nitrogens with zero attached hydrogens (tertiary/aromatic N) is 1. The molecule has 1 saturated carbocycles. The van der Waals surface area contributed by atoms with E-state index in [9.17, 15) is 4.79 Å². The third kappa shape index (κ3) is 1.93. The fourth-order valence-corrected chi connectivity index (χ4v) is 2.29. The number of aromatic nitrogens is 1. The first-order valence-corrected chi connectivity index (χ1v) is 5.68. The fourth-order valence-electron chi connectivity index (χ4n) is 2.29. The van der Waals surface area contributed by atoms with E-state index in [-0.39, 0.29) is 11.6 Å². The van der Waals surface area contributed by atoms with E-state index in [2.05, 4.69) is 4.98 Å². The Kier molecular flexibility index (Phi) is 2.92. The van der Waals surface area contributed by atoms with E-state index in [0.29, 0.717) is 5.56 Å². The molecule has 1 aliphatic carbocycles. The summed E-state index contributed by atoms with van der Waals surface area (Å²) in [7, 11) is 0. The third-order valence-corrected chi connectivity index (χ3v) is 3.28. The largest absolute Gasteiger partial charge is 0.383 e. The zero-order valence-electron chi connectivity index (χ0n) is 9.28. The highest BCUT2D eigenvalue weighted by Gasteiger charge is 2.36. The van der Waals surface area contributed by atoms with Crippen molar-refractivity contribution in [3.05, 3.63) is 23.9 Å². The van der Waals surface area contributed by atoms with Crippen molar-refractivity contribution < 1.29 is 4.79 Å². The first-order valence-electron chi connectivity index (χ1n) is 5.68. The van der Waals surface area contributed by atoms with Crippen LogP contribution in [0.2, 0.25) is 0 Å². The molecule has 0 unspecified atom stereocenters. The summed E-state index contributed by atoms with van der Waals surface area (Å²) in [5.74, 6) is 0.223. The number of carbonyl (C=O) groups is 1. The summed E-state index contributed by atoms with van der Waals surface area (Å²) in [4.78, 5) is 16.2. The maximum Gasteiger partial charge on any atom is 0.186 e. The van der Waals surface area contributed by atoms with Gasteiger partial charge >= 0.3 is 0 Å². The number of hydrogen-bond donors (Lipinski definition) is 2. The molecule has 0 spiro atoms. The van der Waals surface area contributed by atoms with Crippen molar-refractivity contribution in [1.29, 1.82) is 0 Å². The van der Waals surface area contributed by atoms with Crippen LogP contribution in [0.3, 0.4) is 0 Å². The number of nitrogen functional groups attached to an aromatic ring is 1. The first kappa shape index (κ1) is 11.1. The Morgan fingerprint density at radius 2 is 2.00 bits per heavy atom. The third-order valence-electron chi connectivity index (χ3n) is 3.28. The van der Waals surface area contributed by atoms with Crippen LogP contribution in [0.5, 0.6) is 0 Å². The summed E-state index contributed by atoms with van der Waals surface area (Å²) in [5, 5.41) is 0. The molecule has 1 aliphatic rings. The minimum absolute atomic E-state index is 0.0576. The molecule has 0 aromatic carbocycles. The topological polar surface area (TPSA) is 82.0 Å². The van der Waals surface area contributed by atoms with Crippen molar-refractivity contribution in [2.75, 3.05) is 5.73 Å². The molecule has 1 fully saturated rings. The van der Waals surface area contributed by atoms with Crippen molar-refractivity contribution in [2.24, 2.45) is 5.73 Å². The molecule has 86 valence electrons. The van der Waals surface area contributed by atoms with Gasteiger partial charge in [0, 0.05) is 6.20 Å². The first-order chi connectivity index (χ1) is 7.63. The van der Waals surface area contributed by atoms with Gasteiger partial charge in [-0.1, -0.05) is 19.3 Å². The fraction of sp³-hybridized carbons (Fsp3) is 0.500. The molecule has 0 radical (unpaired) electrons. The minimum atomic E-state index is -0.727. The zero-order chi connectivity index (χ0) is 11.6. The van der Waals surface area contributed by atoms with Crippen LogP contribution in [0.1, 0.15) is 42.5 Å². The number of ketones is 1. The SMILES string of the molecule is Nc1ncccc1C(=O)C1(N)CCCCC1. The normalized spacial score (nSPS) is 19.3. The molecule has 0 saturated heterocycles. The van der Waals surface area contributed by atoms with Gasteiger partial charge < -0.3 is 11.5 Å². The highest BCUT2D eigenvalue weighted by atomic mass is 16.1. The van der Waals surface area contributed by atoms with Gasteiger partial charge in [-0.05, 0) is 25.0 Å². The average molecular weight is 219 g/mol. The molecule has 2 rings (SSSR count). The van der Waals surface area contributed by atoms with Crippen molar-refractivity contribution in [2.45, 2.75) is 37.6 Å². The number of nitrogens with two attached hydrogens (primary N) is 2. The Morgan fingerprint density at radius 3 is 2.62 bits per heavy atom. The van der Waals surface area contributed by atoms with E-state index >= 15 is 0 Å². The van der Waals surface area contributed by atoms with Crippen LogP contribution in [0.15, 0.2) is 18.3 Å². The van der Waals surface area contributed by atoms with E-state index in [1.165, 1.54) is 0 Å². The lowest BCUT2D eigenvalue weighted by Gasteiger charge is -2.31. The molecular formula is C12H17N3O. The quantitative estimate of drug-likeness (QED) is 0.738. The van der Waals surface area contributed by atoms with Crippen LogP contribution in [0.4, 0.5) is 5.82 Å². The molecule has 4 nitrogen and oxygen atoms in total. The van der Waals surface area contributed by atoms with Crippen molar-refractivity contribution in [3.8, 4) is 0 Å². The summed E-state index contributed by atoms with van der Waals surface area (Å²) >= 11 is 0. The van der Waals surface area contributed by atoms with E-state index in [1.54, 1.807) is 18.3 Å². The van der Waals surface area contributed by atoms with Crippen LogP contribution < -0.4 is 11.5 Å². The second-order valence-electron chi connectivity index (χ2n) is 4.48. The number of Topliss-reactive ketones (excluding diaryl/α,β-unsaturated/α-hetero) is 1. The van der Waals surface area contributed by atoms with Gasteiger partial charge in [-0.15, -0.1) is 0 Å². The van der Waals surface area contributed by atoms with E-state index in [0.717, 1.165) is 32.1 Å². The lowest BCUT2D eigenvalue weighted by Crippen LogP contribution is -2.49. The molecule has 16 heavy (non-hydrogen) atoms. The van der Waals surface area contributed by atoms with Gasteiger partial charge in [-0.2, -0.15) is 0 Å². The predicted molar refractivity (Wildman–Crippen MR) is 63.0 cm³/mol. The number of carbonyl (C=O) groups excluding carboxylic acids is 1. The van der Waals surface area contributed by atoms with Gasteiger partial charge in [-0.3, -0.25) is 4.79 Å². The predicted octanol–water partition coefficient (Wildman–Crippen LogP) is 1.51. The van der Waals surface area contributed by atoms with Gasteiger partial charge in [-0.25, -0.2) is 4.98 Å². The summed E-state index contributed by atoms with van der Waals surface area (Å²) in [5.41, 5.74) is 11.6. The summed E-state index contributed by atoms with van der Waals surface area (Å²) < 4.78 is 0. The molecular weight excluding hydrogens is 202 g/mol. The monoisotopic (exact) mass is 219 g/mol. The molecule has 0 bridgehead atoms. The number of anilines is 1. The van der Waals surface area contributed by atoms with E-state index < -0.39 is 5.54 Å². The summed E-state index contributed by atoms with van der Waals surface area (Å²) in [6.07, 6.45) is 6.27. The highest BCUT2D eigenvalue weighted by molar-refractivity contribution is 6.06. The van der Waals surface area contributed by atoms with Gasteiger partial charge in [0.2, 0.25) is 0 Å². The second kappa shape index (κ2) is 4.22. The molecule has 1 aromatic heterocycles.